The van der Waals surface area contributed by atoms with E-state index in [1.54, 1.807) is 6.92 Å². The van der Waals surface area contributed by atoms with E-state index in [0.29, 0.717) is 0 Å². The molecule has 4 nitrogen and oxygen atoms in total. The van der Waals surface area contributed by atoms with E-state index in [1.165, 1.54) is 35.8 Å². The molecule has 0 saturated heterocycles. The van der Waals surface area contributed by atoms with Crippen LogP contribution >= 0.6 is 21.6 Å². The van der Waals surface area contributed by atoms with Crippen molar-refractivity contribution >= 4 is 33.5 Å². The summed E-state index contributed by atoms with van der Waals surface area (Å²) in [5.74, 6) is -0.348. The summed E-state index contributed by atoms with van der Waals surface area (Å²) in [6.07, 6.45) is 0. The molecule has 0 saturated carbocycles. The lowest BCUT2D eigenvalue weighted by Gasteiger charge is -2.06. The first kappa shape index (κ1) is 12.6. The molecule has 0 heterocycles. The van der Waals surface area contributed by atoms with Crippen molar-refractivity contribution < 1.29 is 19.1 Å². The average molecular weight is 224 g/mol. The van der Waals surface area contributed by atoms with E-state index >= 15 is 0 Å². The highest BCUT2D eigenvalue weighted by molar-refractivity contribution is 8.77. The van der Waals surface area contributed by atoms with Gasteiger partial charge in [-0.05, 0) is 6.92 Å². The first-order valence-electron chi connectivity index (χ1n) is 3.54. The molecule has 0 fully saturated rings. The Balaban J connectivity index is 3.53. The van der Waals surface area contributed by atoms with Crippen molar-refractivity contribution in [3.63, 3.8) is 0 Å². The largest absolute Gasteiger partial charge is 0.468 e. The van der Waals surface area contributed by atoms with E-state index < -0.39 is 0 Å². The average Bonchev–Trinajstić information content (AvgIpc) is 2.15. The van der Waals surface area contributed by atoms with Crippen LogP contribution < -0.4 is 0 Å². The van der Waals surface area contributed by atoms with E-state index in [9.17, 15) is 9.59 Å². The summed E-state index contributed by atoms with van der Waals surface area (Å²) in [5.41, 5.74) is 0. The molecule has 0 aromatic rings. The first-order valence-corrected chi connectivity index (χ1v) is 5.93. The highest BCUT2D eigenvalue weighted by Gasteiger charge is 2.14. The fraction of sp³-hybridized carbons (Fsp3) is 0.714. The van der Waals surface area contributed by atoms with Crippen molar-refractivity contribution in [1.29, 1.82) is 0 Å². The minimum absolute atomic E-state index is 0.239. The van der Waals surface area contributed by atoms with Gasteiger partial charge in [0.25, 0.3) is 0 Å². The third kappa shape index (κ3) is 5.81. The number of hydrogen-bond acceptors (Lipinski definition) is 6. The summed E-state index contributed by atoms with van der Waals surface area (Å²) in [6.45, 7) is 1.72. The van der Waals surface area contributed by atoms with E-state index in [2.05, 4.69) is 9.47 Å². The Morgan fingerprint density at radius 3 is 2.38 bits per heavy atom. The number of hydrogen-bond donors (Lipinski definition) is 0. The Hall–Kier alpha value is -0.360. The monoisotopic (exact) mass is 224 g/mol. The molecule has 0 unspecified atom stereocenters. The fourth-order valence-electron chi connectivity index (χ4n) is 0.448. The highest BCUT2D eigenvalue weighted by atomic mass is 33.1. The van der Waals surface area contributed by atoms with Crippen LogP contribution in [-0.2, 0) is 19.1 Å². The number of ether oxygens (including phenoxy) is 2. The molecule has 76 valence electrons. The van der Waals surface area contributed by atoms with E-state index in [0.717, 1.165) is 0 Å². The third-order valence-electron chi connectivity index (χ3n) is 1.15. The fourth-order valence-corrected chi connectivity index (χ4v) is 2.45. The zero-order valence-corrected chi connectivity index (χ0v) is 9.37. The molecule has 0 rings (SSSR count). The number of rotatable bonds is 5. The Labute approximate surface area is 85.1 Å². The van der Waals surface area contributed by atoms with Gasteiger partial charge < -0.3 is 9.47 Å². The smallest absolute Gasteiger partial charge is 0.319 e. The molecule has 1 atom stereocenters. The van der Waals surface area contributed by atoms with Gasteiger partial charge in [-0.25, -0.2) is 0 Å². The molecule has 0 aromatic carbocycles. The second kappa shape index (κ2) is 7.08. The summed E-state index contributed by atoms with van der Waals surface area (Å²) >= 11 is 0. The van der Waals surface area contributed by atoms with Crippen LogP contribution in [0.3, 0.4) is 0 Å². The van der Waals surface area contributed by atoms with Crippen molar-refractivity contribution in [2.45, 2.75) is 12.2 Å². The standard InChI is InChI=1S/C7H12O4S2/c1-5(7(9)11-3)13-12-4-6(8)10-2/h5H,4H2,1-3H3/t5-/m0/s1. The molecule has 0 radical (unpaired) electrons. The molecule has 0 aliphatic carbocycles. The first-order chi connectivity index (χ1) is 6.11. The summed E-state index contributed by atoms with van der Waals surface area (Å²) in [7, 11) is 5.24. The van der Waals surface area contributed by atoms with Gasteiger partial charge in [0.1, 0.15) is 11.0 Å². The Bertz CT molecular complexity index is 183. The molecule has 0 aliphatic heterocycles. The second-order valence-electron chi connectivity index (χ2n) is 2.10. The summed E-state index contributed by atoms with van der Waals surface area (Å²) in [5, 5.41) is -0.264. The predicted molar refractivity (Wildman–Crippen MR) is 53.5 cm³/mol. The molecule has 0 spiro atoms. The zero-order valence-electron chi connectivity index (χ0n) is 7.73. The topological polar surface area (TPSA) is 52.6 Å². The lowest BCUT2D eigenvalue weighted by Crippen LogP contribution is -2.14. The van der Waals surface area contributed by atoms with Crippen molar-refractivity contribution in [1.82, 2.24) is 0 Å². The van der Waals surface area contributed by atoms with E-state index in [1.807, 2.05) is 0 Å². The van der Waals surface area contributed by atoms with Crippen molar-refractivity contribution in [3.8, 4) is 0 Å². The number of carbonyl (C=O) groups excluding carboxylic acids is 2. The van der Waals surface area contributed by atoms with Gasteiger partial charge in [0, 0.05) is 0 Å². The van der Waals surface area contributed by atoms with Crippen LogP contribution in [-0.4, -0.2) is 37.2 Å². The summed E-state index contributed by atoms with van der Waals surface area (Å²) in [4.78, 5) is 21.5. The zero-order chi connectivity index (χ0) is 10.3. The van der Waals surface area contributed by atoms with Crippen molar-refractivity contribution in [2.24, 2.45) is 0 Å². The van der Waals surface area contributed by atoms with Crippen molar-refractivity contribution in [2.75, 3.05) is 20.0 Å². The Kier molecular flexibility index (Phi) is 6.89. The van der Waals surface area contributed by atoms with Gasteiger partial charge in [-0.3, -0.25) is 9.59 Å². The molecular weight excluding hydrogens is 212 g/mol. The highest BCUT2D eigenvalue weighted by Crippen LogP contribution is 2.27. The molecule has 0 amide bonds. The molecular formula is C7H12O4S2. The minimum Gasteiger partial charge on any atom is -0.468 e. The number of esters is 2. The molecule has 0 aromatic heterocycles. The molecule has 0 N–H and O–H groups in total. The second-order valence-corrected chi connectivity index (χ2v) is 4.81. The quantitative estimate of drug-likeness (QED) is 0.515. The van der Waals surface area contributed by atoms with Gasteiger partial charge in [-0.15, -0.1) is 0 Å². The van der Waals surface area contributed by atoms with Crippen LogP contribution in [0.1, 0.15) is 6.92 Å². The molecule has 0 bridgehead atoms. The molecule has 0 aliphatic rings. The van der Waals surface area contributed by atoms with Gasteiger partial charge in [0.15, 0.2) is 0 Å². The maximum Gasteiger partial charge on any atom is 0.319 e. The van der Waals surface area contributed by atoms with Crippen molar-refractivity contribution in [3.05, 3.63) is 0 Å². The maximum absolute atomic E-state index is 10.9. The summed E-state index contributed by atoms with van der Waals surface area (Å²) < 4.78 is 8.94. The Morgan fingerprint density at radius 1 is 1.31 bits per heavy atom. The number of methoxy groups -OCH3 is 2. The SMILES string of the molecule is COC(=O)CSS[C@@H](C)C(=O)OC. The maximum atomic E-state index is 10.9. The van der Waals surface area contributed by atoms with Gasteiger partial charge >= 0.3 is 11.9 Å². The van der Waals surface area contributed by atoms with Crippen LogP contribution in [0.15, 0.2) is 0 Å². The van der Waals surface area contributed by atoms with E-state index in [-0.39, 0.29) is 22.9 Å². The van der Waals surface area contributed by atoms with Gasteiger partial charge in [-0.2, -0.15) is 0 Å². The van der Waals surface area contributed by atoms with Crippen LogP contribution in [0.4, 0.5) is 0 Å². The van der Waals surface area contributed by atoms with Crippen LogP contribution in [0.5, 0.6) is 0 Å². The normalized spacial score (nSPS) is 11.9. The molecule has 6 heteroatoms. The van der Waals surface area contributed by atoms with Gasteiger partial charge in [0.05, 0.1) is 14.2 Å². The lowest BCUT2D eigenvalue weighted by atomic mass is 10.5. The molecule has 13 heavy (non-hydrogen) atoms. The summed E-state index contributed by atoms with van der Waals surface area (Å²) in [6, 6.07) is 0. The third-order valence-corrected chi connectivity index (χ3v) is 3.75. The van der Waals surface area contributed by atoms with Crippen LogP contribution in [0.2, 0.25) is 0 Å². The van der Waals surface area contributed by atoms with Gasteiger partial charge in [0.2, 0.25) is 0 Å². The Morgan fingerprint density at radius 2 is 1.92 bits per heavy atom. The van der Waals surface area contributed by atoms with E-state index in [4.69, 9.17) is 0 Å². The predicted octanol–water partition coefficient (Wildman–Crippen LogP) is 1.10. The number of carbonyl (C=O) groups is 2. The van der Waals surface area contributed by atoms with Crippen LogP contribution in [0.25, 0.3) is 0 Å². The van der Waals surface area contributed by atoms with Crippen LogP contribution in [0, 0.1) is 0 Å². The minimum atomic E-state index is -0.297. The van der Waals surface area contributed by atoms with Gasteiger partial charge in [-0.1, -0.05) is 21.6 Å². The lowest BCUT2D eigenvalue weighted by molar-refractivity contribution is -0.139.